The third-order valence-electron chi connectivity index (χ3n) is 2.08. The van der Waals surface area contributed by atoms with Gasteiger partial charge < -0.3 is 20.3 Å². The highest BCUT2D eigenvalue weighted by Crippen LogP contribution is 1.82. The van der Waals surface area contributed by atoms with Crippen molar-refractivity contribution in [2.75, 3.05) is 47.4 Å². The van der Waals surface area contributed by atoms with Crippen molar-refractivity contribution in [2.24, 2.45) is 0 Å². The molecule has 0 aliphatic heterocycles. The summed E-state index contributed by atoms with van der Waals surface area (Å²) in [6, 6.07) is 0. The van der Waals surface area contributed by atoms with E-state index < -0.39 is 11.8 Å². The predicted molar refractivity (Wildman–Crippen MR) is 65.7 cm³/mol. The fraction of sp³-hybridized carbons (Fsp3) is 0.818. The molecule has 0 aliphatic rings. The molecule has 0 aromatic rings. The Balaban J connectivity index is 3.50. The van der Waals surface area contributed by atoms with E-state index in [9.17, 15) is 9.59 Å². The lowest BCUT2D eigenvalue weighted by Gasteiger charge is -2.09. The van der Waals surface area contributed by atoms with Crippen LogP contribution < -0.4 is 10.6 Å². The molecule has 2 amide bonds. The molecule has 0 heterocycles. The number of nitrogens with one attached hydrogen (secondary N) is 2. The van der Waals surface area contributed by atoms with Gasteiger partial charge in [0.15, 0.2) is 0 Å². The Kier molecular flexibility index (Phi) is 9.37. The van der Waals surface area contributed by atoms with Crippen LogP contribution in [0, 0.1) is 0 Å². The first kappa shape index (κ1) is 15.9. The fourth-order valence-electron chi connectivity index (χ4n) is 1.18. The minimum atomic E-state index is -0.578. The molecule has 2 N–H and O–H groups in total. The van der Waals surface area contributed by atoms with Crippen LogP contribution in [-0.2, 0) is 14.3 Å². The van der Waals surface area contributed by atoms with Crippen molar-refractivity contribution < 1.29 is 14.3 Å². The first-order valence-electron chi connectivity index (χ1n) is 5.77. The Morgan fingerprint density at radius 1 is 1.06 bits per heavy atom. The zero-order valence-electron chi connectivity index (χ0n) is 10.9. The molecule has 0 atom stereocenters. The van der Waals surface area contributed by atoms with Crippen molar-refractivity contribution >= 4 is 11.8 Å². The molecular formula is C11H23N3O3. The molecular weight excluding hydrogens is 222 g/mol. The normalized spacial score (nSPS) is 10.4. The van der Waals surface area contributed by atoms with Crippen molar-refractivity contribution in [3.05, 3.63) is 0 Å². The Labute approximate surface area is 103 Å². The Bertz CT molecular complexity index is 232. The number of rotatable bonds is 8. The highest BCUT2D eigenvalue weighted by Gasteiger charge is 2.11. The van der Waals surface area contributed by atoms with Crippen LogP contribution >= 0.6 is 0 Å². The molecule has 6 nitrogen and oxygen atoms in total. The molecule has 0 unspecified atom stereocenters. The molecule has 0 rings (SSSR count). The summed E-state index contributed by atoms with van der Waals surface area (Å²) in [4.78, 5) is 24.6. The third kappa shape index (κ3) is 9.77. The van der Waals surface area contributed by atoms with E-state index in [4.69, 9.17) is 4.74 Å². The van der Waals surface area contributed by atoms with Crippen molar-refractivity contribution in [2.45, 2.75) is 12.8 Å². The quantitative estimate of drug-likeness (QED) is 0.434. The molecule has 6 heteroatoms. The number of hydrogen-bond donors (Lipinski definition) is 2. The van der Waals surface area contributed by atoms with Gasteiger partial charge in [0.1, 0.15) is 0 Å². The van der Waals surface area contributed by atoms with Crippen LogP contribution in [0.2, 0.25) is 0 Å². The van der Waals surface area contributed by atoms with Gasteiger partial charge in [-0.05, 0) is 33.5 Å². The summed E-state index contributed by atoms with van der Waals surface area (Å²) in [5.74, 6) is -1.15. The first-order valence-corrected chi connectivity index (χ1v) is 5.77. The molecule has 17 heavy (non-hydrogen) atoms. The number of ether oxygens (including phenoxy) is 1. The second kappa shape index (κ2) is 10.0. The van der Waals surface area contributed by atoms with Gasteiger partial charge in [0.05, 0.1) is 0 Å². The Morgan fingerprint density at radius 2 is 1.59 bits per heavy atom. The Hall–Kier alpha value is -1.14. The number of carbonyl (C=O) groups excluding carboxylic acids is 2. The second-order valence-electron chi connectivity index (χ2n) is 4.01. The van der Waals surface area contributed by atoms with Gasteiger partial charge in [-0.1, -0.05) is 0 Å². The van der Waals surface area contributed by atoms with Gasteiger partial charge in [0.25, 0.3) is 0 Å². The monoisotopic (exact) mass is 245 g/mol. The summed E-state index contributed by atoms with van der Waals surface area (Å²) in [6.45, 7) is 2.43. The topological polar surface area (TPSA) is 70.7 Å². The van der Waals surface area contributed by atoms with Crippen LogP contribution in [0.15, 0.2) is 0 Å². The maximum Gasteiger partial charge on any atom is 0.309 e. The molecule has 0 bridgehead atoms. The smallest absolute Gasteiger partial charge is 0.309 e. The minimum absolute atomic E-state index is 0.456. The molecule has 0 radical (unpaired) electrons. The van der Waals surface area contributed by atoms with Crippen molar-refractivity contribution in [1.29, 1.82) is 0 Å². The molecule has 0 saturated heterocycles. The average molecular weight is 245 g/mol. The summed E-state index contributed by atoms with van der Waals surface area (Å²) in [7, 11) is 5.52. The van der Waals surface area contributed by atoms with Gasteiger partial charge in [-0.3, -0.25) is 9.59 Å². The van der Waals surface area contributed by atoms with Crippen LogP contribution in [0.1, 0.15) is 12.8 Å². The van der Waals surface area contributed by atoms with Gasteiger partial charge in [-0.25, -0.2) is 0 Å². The van der Waals surface area contributed by atoms with E-state index in [2.05, 4.69) is 10.6 Å². The van der Waals surface area contributed by atoms with E-state index in [1.807, 2.05) is 19.0 Å². The van der Waals surface area contributed by atoms with Crippen LogP contribution in [0.3, 0.4) is 0 Å². The summed E-state index contributed by atoms with van der Waals surface area (Å²) in [5, 5.41) is 5.10. The zero-order chi connectivity index (χ0) is 13.1. The lowest BCUT2D eigenvalue weighted by molar-refractivity contribution is -0.139. The van der Waals surface area contributed by atoms with Crippen LogP contribution in [-0.4, -0.2) is 64.2 Å². The standard InChI is InChI=1S/C11H23N3O3/c1-14(2)8-4-6-12-10(15)11(16)13-7-5-9-17-3/h4-9H2,1-3H3,(H,12,15)(H,13,16). The largest absolute Gasteiger partial charge is 0.385 e. The number of methoxy groups -OCH3 is 1. The molecule has 0 aromatic heterocycles. The van der Waals surface area contributed by atoms with Crippen LogP contribution in [0.4, 0.5) is 0 Å². The highest BCUT2D eigenvalue weighted by atomic mass is 16.5. The highest BCUT2D eigenvalue weighted by molar-refractivity contribution is 6.35. The third-order valence-corrected chi connectivity index (χ3v) is 2.08. The maximum absolute atomic E-state index is 11.3. The maximum atomic E-state index is 11.3. The van der Waals surface area contributed by atoms with Gasteiger partial charge in [0, 0.05) is 26.8 Å². The molecule has 0 spiro atoms. The SMILES string of the molecule is COCCCNC(=O)C(=O)NCCCN(C)C. The van der Waals surface area contributed by atoms with Crippen LogP contribution in [0.5, 0.6) is 0 Å². The van der Waals surface area contributed by atoms with E-state index in [0.29, 0.717) is 26.1 Å². The van der Waals surface area contributed by atoms with E-state index in [0.717, 1.165) is 13.0 Å². The Morgan fingerprint density at radius 3 is 2.06 bits per heavy atom. The number of carbonyl (C=O) groups is 2. The van der Waals surface area contributed by atoms with E-state index >= 15 is 0 Å². The van der Waals surface area contributed by atoms with Gasteiger partial charge in [-0.15, -0.1) is 0 Å². The molecule has 0 saturated carbocycles. The number of hydrogen-bond acceptors (Lipinski definition) is 4. The minimum Gasteiger partial charge on any atom is -0.385 e. The lowest BCUT2D eigenvalue weighted by Crippen LogP contribution is -2.41. The lowest BCUT2D eigenvalue weighted by atomic mass is 10.4. The summed E-state index contributed by atoms with van der Waals surface area (Å²) >= 11 is 0. The van der Waals surface area contributed by atoms with Gasteiger partial charge in [0.2, 0.25) is 0 Å². The second-order valence-corrected chi connectivity index (χ2v) is 4.01. The number of amides is 2. The molecule has 0 aromatic carbocycles. The molecule has 0 fully saturated rings. The molecule has 0 aliphatic carbocycles. The zero-order valence-corrected chi connectivity index (χ0v) is 10.9. The summed E-state index contributed by atoms with van der Waals surface area (Å²) < 4.78 is 4.83. The van der Waals surface area contributed by atoms with E-state index in [-0.39, 0.29) is 0 Å². The van der Waals surface area contributed by atoms with Gasteiger partial charge in [-0.2, -0.15) is 0 Å². The van der Waals surface area contributed by atoms with Crippen LogP contribution in [0.25, 0.3) is 0 Å². The average Bonchev–Trinajstić information content (AvgIpc) is 2.29. The fourth-order valence-corrected chi connectivity index (χ4v) is 1.18. The van der Waals surface area contributed by atoms with E-state index in [1.54, 1.807) is 7.11 Å². The predicted octanol–water partition coefficient (Wildman–Crippen LogP) is -0.793. The molecule has 100 valence electrons. The number of nitrogens with zero attached hydrogens (tertiary/aromatic N) is 1. The van der Waals surface area contributed by atoms with Crippen molar-refractivity contribution in [1.82, 2.24) is 15.5 Å². The first-order chi connectivity index (χ1) is 8.07. The van der Waals surface area contributed by atoms with Gasteiger partial charge >= 0.3 is 11.8 Å². The van der Waals surface area contributed by atoms with E-state index in [1.165, 1.54) is 0 Å². The van der Waals surface area contributed by atoms with Crippen molar-refractivity contribution in [3.63, 3.8) is 0 Å². The van der Waals surface area contributed by atoms with Crippen molar-refractivity contribution in [3.8, 4) is 0 Å². The summed E-state index contributed by atoms with van der Waals surface area (Å²) in [5.41, 5.74) is 0. The summed E-state index contributed by atoms with van der Waals surface area (Å²) in [6.07, 6.45) is 1.53.